The second-order valence-electron chi connectivity index (χ2n) is 5.88. The van der Waals surface area contributed by atoms with Crippen LogP contribution in [0.2, 0.25) is 0 Å². The molecule has 2 heterocycles. The molecule has 7 heteroatoms. The highest BCUT2D eigenvalue weighted by Gasteiger charge is 2.32. The zero-order valence-corrected chi connectivity index (χ0v) is 14.4. The monoisotopic (exact) mass is 339 g/mol. The summed E-state index contributed by atoms with van der Waals surface area (Å²) in [5, 5.41) is 1.98. The van der Waals surface area contributed by atoms with Crippen molar-refractivity contribution < 1.29 is 9.59 Å². The molecule has 22 heavy (non-hydrogen) atoms. The number of hydrogen-bond acceptors (Lipinski definition) is 5. The van der Waals surface area contributed by atoms with Gasteiger partial charge in [0.15, 0.2) is 4.34 Å². The minimum absolute atomic E-state index is 0.0391. The average molecular weight is 339 g/mol. The van der Waals surface area contributed by atoms with Crippen molar-refractivity contribution in [2.24, 2.45) is 0 Å². The Bertz CT molecular complexity index is 555. The van der Waals surface area contributed by atoms with Crippen molar-refractivity contribution in [3.05, 3.63) is 11.1 Å². The third-order valence-electron chi connectivity index (χ3n) is 4.29. The minimum atomic E-state index is 0.0391. The van der Waals surface area contributed by atoms with Crippen LogP contribution in [0.25, 0.3) is 0 Å². The maximum absolute atomic E-state index is 12.3. The Balaban J connectivity index is 1.49. The van der Waals surface area contributed by atoms with Gasteiger partial charge in [0.25, 0.3) is 0 Å². The first-order chi connectivity index (χ1) is 10.6. The smallest absolute Gasteiger partial charge is 0.242 e. The molecule has 2 aliphatic rings. The van der Waals surface area contributed by atoms with Crippen LogP contribution in [0.4, 0.5) is 0 Å². The number of thiazole rings is 1. The van der Waals surface area contributed by atoms with E-state index in [-0.39, 0.29) is 18.4 Å². The van der Waals surface area contributed by atoms with E-state index in [2.05, 4.69) is 4.98 Å². The lowest BCUT2D eigenvalue weighted by atomic mass is 10.1. The van der Waals surface area contributed by atoms with E-state index in [9.17, 15) is 9.59 Å². The number of hydrogen-bond donors (Lipinski definition) is 0. The number of rotatable bonds is 4. The zero-order chi connectivity index (χ0) is 15.5. The number of aryl methyl sites for hydroxylation is 1. The van der Waals surface area contributed by atoms with E-state index in [1.165, 1.54) is 24.6 Å². The molecule has 0 atom stereocenters. The van der Waals surface area contributed by atoms with Crippen molar-refractivity contribution in [1.82, 2.24) is 14.8 Å². The second kappa shape index (κ2) is 7.00. The summed E-state index contributed by atoms with van der Waals surface area (Å²) in [4.78, 5) is 32.6. The summed E-state index contributed by atoms with van der Waals surface area (Å²) in [6.45, 7) is 3.55. The van der Waals surface area contributed by atoms with Crippen LogP contribution in [-0.4, -0.2) is 58.0 Å². The third kappa shape index (κ3) is 3.63. The van der Waals surface area contributed by atoms with Crippen LogP contribution in [-0.2, 0) is 9.59 Å². The molecule has 3 rings (SSSR count). The van der Waals surface area contributed by atoms with E-state index in [4.69, 9.17) is 0 Å². The number of nitrogens with zero attached hydrogens (tertiary/aromatic N) is 3. The van der Waals surface area contributed by atoms with Crippen LogP contribution < -0.4 is 0 Å². The van der Waals surface area contributed by atoms with E-state index in [0.717, 1.165) is 22.9 Å². The lowest BCUT2D eigenvalue weighted by Crippen LogP contribution is -2.55. The van der Waals surface area contributed by atoms with Gasteiger partial charge in [0.05, 0.1) is 12.3 Å². The van der Waals surface area contributed by atoms with Crippen molar-refractivity contribution in [2.45, 2.75) is 43.0 Å². The van der Waals surface area contributed by atoms with Crippen LogP contribution >= 0.6 is 23.1 Å². The van der Waals surface area contributed by atoms with Gasteiger partial charge in [0.1, 0.15) is 0 Å². The highest BCUT2D eigenvalue weighted by atomic mass is 32.2. The lowest BCUT2D eigenvalue weighted by molar-refractivity contribution is -0.145. The molecule has 1 aliphatic carbocycles. The van der Waals surface area contributed by atoms with Gasteiger partial charge >= 0.3 is 0 Å². The fourth-order valence-corrected chi connectivity index (χ4v) is 4.87. The van der Waals surface area contributed by atoms with Gasteiger partial charge in [0.2, 0.25) is 11.8 Å². The number of carbonyl (C=O) groups is 2. The fourth-order valence-electron chi connectivity index (χ4n) is 3.11. The summed E-state index contributed by atoms with van der Waals surface area (Å²) < 4.78 is 0.918. The van der Waals surface area contributed by atoms with Crippen LogP contribution in [0.15, 0.2) is 9.72 Å². The van der Waals surface area contributed by atoms with Crippen LogP contribution in [0, 0.1) is 6.92 Å². The van der Waals surface area contributed by atoms with E-state index in [0.29, 0.717) is 24.9 Å². The second-order valence-corrected chi connectivity index (χ2v) is 7.96. The van der Waals surface area contributed by atoms with Gasteiger partial charge in [-0.25, -0.2) is 4.98 Å². The molecule has 2 amide bonds. The molecular weight excluding hydrogens is 318 g/mol. The number of aromatic nitrogens is 1. The summed E-state index contributed by atoms with van der Waals surface area (Å²) in [6, 6.07) is 0.414. The van der Waals surface area contributed by atoms with E-state index < -0.39 is 0 Å². The number of thioether (sulfide) groups is 1. The van der Waals surface area contributed by atoms with Crippen molar-refractivity contribution in [3.63, 3.8) is 0 Å². The maximum atomic E-state index is 12.3. The first kappa shape index (κ1) is 15.8. The summed E-state index contributed by atoms with van der Waals surface area (Å²) in [5.74, 6) is 0.516. The Hall–Kier alpha value is -1.08. The predicted molar refractivity (Wildman–Crippen MR) is 88.1 cm³/mol. The standard InChI is InChI=1S/C15H21N3O2S2/c1-11-9-21-15(16-11)22-10-14(20)17-6-7-18(13(19)8-17)12-4-2-3-5-12/h9,12H,2-8,10H2,1H3. The topological polar surface area (TPSA) is 53.5 Å². The first-order valence-electron chi connectivity index (χ1n) is 7.75. The van der Waals surface area contributed by atoms with E-state index >= 15 is 0 Å². The molecule has 1 saturated carbocycles. The van der Waals surface area contributed by atoms with Gasteiger partial charge < -0.3 is 9.80 Å². The first-order valence-corrected chi connectivity index (χ1v) is 9.62. The van der Waals surface area contributed by atoms with Gasteiger partial charge in [-0.3, -0.25) is 9.59 Å². The molecule has 120 valence electrons. The molecule has 2 fully saturated rings. The molecule has 0 unspecified atom stereocenters. The van der Waals surface area contributed by atoms with Gasteiger partial charge in [-0.15, -0.1) is 11.3 Å². The van der Waals surface area contributed by atoms with Crippen molar-refractivity contribution >= 4 is 34.9 Å². The molecule has 0 aromatic carbocycles. The quantitative estimate of drug-likeness (QED) is 0.789. The van der Waals surface area contributed by atoms with Crippen LogP contribution in [0.1, 0.15) is 31.4 Å². The third-order valence-corrected chi connectivity index (χ3v) is 6.42. The van der Waals surface area contributed by atoms with Crippen LogP contribution in [0.5, 0.6) is 0 Å². The summed E-state index contributed by atoms with van der Waals surface area (Å²) >= 11 is 3.02. The predicted octanol–water partition coefficient (Wildman–Crippen LogP) is 2.16. The van der Waals surface area contributed by atoms with Crippen LogP contribution in [0.3, 0.4) is 0 Å². The summed E-state index contributed by atoms with van der Waals surface area (Å²) in [6.07, 6.45) is 4.69. The molecule has 1 saturated heterocycles. The van der Waals surface area contributed by atoms with Gasteiger partial charge in [0, 0.05) is 30.2 Å². The molecule has 5 nitrogen and oxygen atoms in total. The van der Waals surface area contributed by atoms with Crippen molar-refractivity contribution in [2.75, 3.05) is 25.4 Å². The van der Waals surface area contributed by atoms with Gasteiger partial charge in [-0.05, 0) is 19.8 Å². The normalized spacial score (nSPS) is 20.0. The summed E-state index contributed by atoms with van der Waals surface area (Å²) in [5.41, 5.74) is 0.986. The maximum Gasteiger partial charge on any atom is 0.242 e. The SMILES string of the molecule is Cc1csc(SCC(=O)N2CCN(C3CCCC3)C(=O)C2)n1. The Morgan fingerprint density at radius 1 is 1.41 bits per heavy atom. The van der Waals surface area contributed by atoms with Gasteiger partial charge in [-0.2, -0.15) is 0 Å². The number of carbonyl (C=O) groups excluding carboxylic acids is 2. The molecule has 0 radical (unpaired) electrons. The van der Waals surface area contributed by atoms with Crippen molar-refractivity contribution in [1.29, 1.82) is 0 Å². The minimum Gasteiger partial charge on any atom is -0.336 e. The number of amides is 2. The van der Waals surface area contributed by atoms with E-state index in [1.807, 2.05) is 17.2 Å². The summed E-state index contributed by atoms with van der Waals surface area (Å²) in [7, 11) is 0. The van der Waals surface area contributed by atoms with Crippen molar-refractivity contribution in [3.8, 4) is 0 Å². The molecule has 1 aromatic heterocycles. The Labute approximate surface area is 139 Å². The molecule has 0 bridgehead atoms. The highest BCUT2D eigenvalue weighted by molar-refractivity contribution is 8.01. The molecular formula is C15H21N3O2S2. The average Bonchev–Trinajstić information content (AvgIpc) is 3.16. The lowest BCUT2D eigenvalue weighted by Gasteiger charge is -2.37. The molecule has 1 aromatic rings. The Kier molecular flexibility index (Phi) is 5.03. The van der Waals surface area contributed by atoms with E-state index in [1.54, 1.807) is 16.2 Å². The Morgan fingerprint density at radius 3 is 2.82 bits per heavy atom. The Morgan fingerprint density at radius 2 is 2.18 bits per heavy atom. The largest absolute Gasteiger partial charge is 0.336 e. The highest BCUT2D eigenvalue weighted by Crippen LogP contribution is 2.26. The number of piperazine rings is 1. The molecule has 0 spiro atoms. The zero-order valence-electron chi connectivity index (χ0n) is 12.8. The molecule has 1 aliphatic heterocycles. The van der Waals surface area contributed by atoms with Gasteiger partial charge in [-0.1, -0.05) is 24.6 Å². The molecule has 0 N–H and O–H groups in total. The fraction of sp³-hybridized carbons (Fsp3) is 0.667.